The predicted octanol–water partition coefficient (Wildman–Crippen LogP) is 8.28. The van der Waals surface area contributed by atoms with Crippen molar-refractivity contribution in [3.63, 3.8) is 0 Å². The molecule has 0 spiro atoms. The van der Waals surface area contributed by atoms with Crippen LogP contribution in [-0.4, -0.2) is 23.1 Å². The molecule has 1 heterocycles. The second-order valence-electron chi connectivity index (χ2n) is 8.80. The molecule has 0 amide bonds. The Morgan fingerprint density at radius 3 is 2.19 bits per heavy atom. The summed E-state index contributed by atoms with van der Waals surface area (Å²) in [7, 11) is 0. The zero-order valence-corrected chi connectivity index (χ0v) is 18.4. The highest BCUT2D eigenvalue weighted by Gasteiger charge is 2.55. The Morgan fingerprint density at radius 2 is 1.56 bits per heavy atom. The standard InChI is InChI=1S/C24H32F6O2/c1-22(16-14-18-17-19(31)12-13-20(18)32-22)15-10-8-6-4-2-3-5-7-9-11-21(23(25,26)27)24(28,29)30/h10,12-13,15,17,21,31H,2-9,11,14,16H2,1H3/b15-10+. The molecule has 2 rings (SSSR count). The number of alkyl halides is 6. The Bertz CT molecular complexity index is 727. The Morgan fingerprint density at radius 1 is 0.969 bits per heavy atom. The maximum absolute atomic E-state index is 12.5. The van der Waals surface area contributed by atoms with Crippen LogP contribution in [0.5, 0.6) is 11.5 Å². The van der Waals surface area contributed by atoms with E-state index in [1.165, 1.54) is 0 Å². The van der Waals surface area contributed by atoms with Crippen molar-refractivity contribution in [3.8, 4) is 11.5 Å². The van der Waals surface area contributed by atoms with Crippen LogP contribution in [0.25, 0.3) is 0 Å². The van der Waals surface area contributed by atoms with Gasteiger partial charge in [-0.3, -0.25) is 0 Å². The van der Waals surface area contributed by atoms with Crippen LogP contribution < -0.4 is 4.74 Å². The van der Waals surface area contributed by atoms with E-state index in [-0.39, 0.29) is 17.8 Å². The van der Waals surface area contributed by atoms with E-state index < -0.39 is 24.7 Å². The Kier molecular flexibility index (Phi) is 9.34. The van der Waals surface area contributed by atoms with Crippen LogP contribution in [0.2, 0.25) is 0 Å². The van der Waals surface area contributed by atoms with Crippen molar-refractivity contribution in [1.29, 1.82) is 0 Å². The number of rotatable bonds is 11. The third-order valence-electron chi connectivity index (χ3n) is 5.90. The molecule has 32 heavy (non-hydrogen) atoms. The molecule has 1 aromatic rings. The summed E-state index contributed by atoms with van der Waals surface area (Å²) < 4.78 is 80.9. The van der Waals surface area contributed by atoms with Gasteiger partial charge >= 0.3 is 12.4 Å². The molecule has 0 saturated carbocycles. The van der Waals surface area contributed by atoms with E-state index in [1.54, 1.807) is 18.2 Å². The minimum atomic E-state index is -5.22. The minimum Gasteiger partial charge on any atom is -0.508 e. The first kappa shape index (κ1) is 26.4. The third kappa shape index (κ3) is 8.58. The Balaban J connectivity index is 1.55. The summed E-state index contributed by atoms with van der Waals surface area (Å²) >= 11 is 0. The van der Waals surface area contributed by atoms with E-state index in [4.69, 9.17) is 4.74 Å². The first-order valence-electron chi connectivity index (χ1n) is 11.2. The minimum absolute atomic E-state index is 0.0618. The van der Waals surface area contributed by atoms with Crippen molar-refractivity contribution in [2.75, 3.05) is 0 Å². The van der Waals surface area contributed by atoms with Crippen LogP contribution in [0.4, 0.5) is 26.3 Å². The number of fused-ring (bicyclic) bond motifs is 1. The molecule has 0 radical (unpaired) electrons. The van der Waals surface area contributed by atoms with Crippen molar-refractivity contribution in [3.05, 3.63) is 35.9 Å². The third-order valence-corrected chi connectivity index (χ3v) is 5.90. The van der Waals surface area contributed by atoms with Crippen molar-refractivity contribution in [1.82, 2.24) is 0 Å². The second-order valence-corrected chi connectivity index (χ2v) is 8.80. The van der Waals surface area contributed by atoms with E-state index in [0.29, 0.717) is 12.8 Å². The molecule has 8 heteroatoms. The van der Waals surface area contributed by atoms with Gasteiger partial charge in [-0.2, -0.15) is 26.3 Å². The number of phenolic OH excluding ortho intramolecular Hbond substituents is 1. The molecule has 182 valence electrons. The topological polar surface area (TPSA) is 29.5 Å². The highest BCUT2D eigenvalue weighted by Crippen LogP contribution is 2.42. The molecule has 1 unspecified atom stereocenters. The van der Waals surface area contributed by atoms with E-state index in [9.17, 15) is 31.4 Å². The SMILES string of the molecule is CC1(/C=C/CCCCCCCCCC(C(F)(F)F)C(F)(F)F)CCc2cc(O)ccc2O1. The van der Waals surface area contributed by atoms with Crippen molar-refractivity contribution >= 4 is 0 Å². The number of allylic oxidation sites excluding steroid dienone is 1. The number of phenols is 1. The van der Waals surface area contributed by atoms with Crippen molar-refractivity contribution < 1.29 is 36.2 Å². The maximum Gasteiger partial charge on any atom is 0.400 e. The van der Waals surface area contributed by atoms with Gasteiger partial charge in [0.2, 0.25) is 0 Å². The summed E-state index contributed by atoms with van der Waals surface area (Å²) in [6.45, 7) is 2.03. The van der Waals surface area contributed by atoms with Gasteiger partial charge in [0.1, 0.15) is 17.1 Å². The number of aromatic hydroxyl groups is 1. The molecule has 1 aliphatic heterocycles. The van der Waals surface area contributed by atoms with E-state index in [1.807, 2.05) is 6.92 Å². The quantitative estimate of drug-likeness (QED) is 0.202. The molecule has 0 fully saturated rings. The first-order valence-corrected chi connectivity index (χ1v) is 11.2. The summed E-state index contributed by atoms with van der Waals surface area (Å²) in [5.41, 5.74) is 0.623. The van der Waals surface area contributed by atoms with Crippen LogP contribution in [-0.2, 0) is 6.42 Å². The number of halogens is 6. The molecule has 1 N–H and O–H groups in total. The van der Waals surface area contributed by atoms with Gasteiger partial charge in [-0.05, 0) is 68.9 Å². The van der Waals surface area contributed by atoms with Gasteiger partial charge in [-0.1, -0.05) is 44.6 Å². The van der Waals surface area contributed by atoms with Gasteiger partial charge in [0.25, 0.3) is 0 Å². The van der Waals surface area contributed by atoms with E-state index in [0.717, 1.165) is 56.3 Å². The number of hydrogen-bond acceptors (Lipinski definition) is 2. The molecule has 0 aliphatic carbocycles. The Labute approximate surface area is 185 Å². The fraction of sp³-hybridized carbons (Fsp3) is 0.667. The maximum atomic E-state index is 12.5. The summed E-state index contributed by atoms with van der Waals surface area (Å²) in [6, 6.07) is 5.12. The van der Waals surface area contributed by atoms with E-state index in [2.05, 4.69) is 12.2 Å². The molecular formula is C24H32F6O2. The number of aryl methyl sites for hydroxylation is 1. The Hall–Kier alpha value is -1.86. The molecule has 1 atom stereocenters. The molecule has 1 aromatic carbocycles. The molecule has 0 saturated heterocycles. The monoisotopic (exact) mass is 466 g/mol. The van der Waals surface area contributed by atoms with Gasteiger partial charge in [0.05, 0.1) is 0 Å². The predicted molar refractivity (Wildman–Crippen MR) is 112 cm³/mol. The highest BCUT2D eigenvalue weighted by molar-refractivity contribution is 5.42. The van der Waals surface area contributed by atoms with Gasteiger partial charge in [0, 0.05) is 0 Å². The number of benzene rings is 1. The molecule has 0 bridgehead atoms. The summed E-state index contributed by atoms with van der Waals surface area (Å²) in [4.78, 5) is 0. The van der Waals surface area contributed by atoms with Crippen molar-refractivity contribution in [2.45, 2.75) is 95.5 Å². The molecular weight excluding hydrogens is 434 g/mol. The number of hydrogen-bond donors (Lipinski definition) is 1. The first-order chi connectivity index (χ1) is 14.9. The van der Waals surface area contributed by atoms with Crippen molar-refractivity contribution in [2.24, 2.45) is 5.92 Å². The van der Waals surface area contributed by atoms with Gasteiger partial charge in [0.15, 0.2) is 5.92 Å². The number of ether oxygens (including phenoxy) is 1. The molecule has 1 aliphatic rings. The van der Waals surface area contributed by atoms with Crippen LogP contribution in [0.1, 0.15) is 76.7 Å². The highest BCUT2D eigenvalue weighted by atomic mass is 19.4. The van der Waals surface area contributed by atoms with Crippen LogP contribution in [0, 0.1) is 5.92 Å². The van der Waals surface area contributed by atoms with Gasteiger partial charge in [-0.25, -0.2) is 0 Å². The lowest BCUT2D eigenvalue weighted by Crippen LogP contribution is -2.36. The molecule has 2 nitrogen and oxygen atoms in total. The fourth-order valence-corrected chi connectivity index (χ4v) is 4.00. The van der Waals surface area contributed by atoms with Gasteiger partial charge in [-0.15, -0.1) is 0 Å². The average molecular weight is 467 g/mol. The van der Waals surface area contributed by atoms with Crippen LogP contribution in [0.15, 0.2) is 30.4 Å². The van der Waals surface area contributed by atoms with Gasteiger partial charge < -0.3 is 9.84 Å². The smallest absolute Gasteiger partial charge is 0.400 e. The second kappa shape index (κ2) is 11.3. The normalized spacial score (nSPS) is 19.4. The summed E-state index contributed by atoms with van der Waals surface area (Å²) in [5.74, 6) is -2.19. The lowest BCUT2D eigenvalue weighted by molar-refractivity contribution is -0.285. The summed E-state index contributed by atoms with van der Waals surface area (Å²) in [6.07, 6.45) is 0.0298. The fourth-order valence-electron chi connectivity index (χ4n) is 4.00. The average Bonchev–Trinajstić information content (AvgIpc) is 2.67. The number of unbranched alkanes of at least 4 members (excludes halogenated alkanes) is 7. The summed E-state index contributed by atoms with van der Waals surface area (Å²) in [5, 5.41) is 9.55. The van der Waals surface area contributed by atoms with Crippen LogP contribution >= 0.6 is 0 Å². The van der Waals surface area contributed by atoms with Crippen LogP contribution in [0.3, 0.4) is 0 Å². The zero-order chi connectivity index (χ0) is 23.8. The van der Waals surface area contributed by atoms with E-state index >= 15 is 0 Å². The lowest BCUT2D eigenvalue weighted by Gasteiger charge is -2.33. The zero-order valence-electron chi connectivity index (χ0n) is 18.4. The largest absolute Gasteiger partial charge is 0.508 e. The molecule has 0 aromatic heterocycles. The lowest BCUT2D eigenvalue weighted by atomic mass is 9.91.